The molecular weight excluding hydrogens is 532 g/mol. The number of H-pyrrole nitrogens is 2. The monoisotopic (exact) mass is 568 g/mol. The molecular formula is C26H36N10O5. The van der Waals surface area contributed by atoms with Gasteiger partial charge in [-0.3, -0.25) is 19.4 Å². The second-order valence-electron chi connectivity index (χ2n) is 9.59. The molecule has 0 saturated carbocycles. The van der Waals surface area contributed by atoms with Crippen molar-refractivity contribution in [3.8, 4) is 0 Å². The van der Waals surface area contributed by atoms with Crippen LogP contribution in [0.3, 0.4) is 0 Å². The van der Waals surface area contributed by atoms with E-state index in [9.17, 15) is 24.3 Å². The number of nitrogens with two attached hydrogens (primary N) is 3. The van der Waals surface area contributed by atoms with Gasteiger partial charge < -0.3 is 48.2 Å². The first kappa shape index (κ1) is 30.6. The summed E-state index contributed by atoms with van der Waals surface area (Å²) in [5.74, 6) is -3.30. The van der Waals surface area contributed by atoms with Crippen LogP contribution in [-0.4, -0.2) is 80.4 Å². The molecule has 2 heterocycles. The van der Waals surface area contributed by atoms with Crippen LogP contribution in [0.1, 0.15) is 31.0 Å². The van der Waals surface area contributed by atoms with Crippen LogP contribution in [-0.2, 0) is 32.0 Å². The molecule has 15 heteroatoms. The first-order valence-corrected chi connectivity index (χ1v) is 13.0. The third-order valence-corrected chi connectivity index (χ3v) is 6.38. The number of aliphatic carboxylic acids is 1. The van der Waals surface area contributed by atoms with Gasteiger partial charge in [0.05, 0.1) is 12.4 Å². The molecule has 3 aromatic rings. The number of carbonyl (C=O) groups excluding carboxylic acids is 3. The van der Waals surface area contributed by atoms with Crippen LogP contribution in [0.15, 0.2) is 48.0 Å². The Morgan fingerprint density at radius 3 is 2.41 bits per heavy atom. The number of nitrogens with zero attached hydrogens (tertiary/aromatic N) is 2. The Balaban J connectivity index is 1.61. The zero-order valence-corrected chi connectivity index (χ0v) is 22.6. The standard InChI is InChI=1S/C26H36N10O5/c1-14(34-23(38)18(27)9-15-11-32-19-6-3-2-5-17(15)19)22(37)35-20(7-4-8-31-26(28)29)24(39)36-21(25(40)41)10-16-12-30-13-33-16/h2-3,5-6,11-14,18,20-21,32H,4,7-10,27H2,1H3,(H,30,33)(H,34,38)(H,35,37)(H,36,39)(H,40,41)(H4,28,29,31). The number of aromatic nitrogens is 3. The van der Waals surface area contributed by atoms with E-state index in [2.05, 4.69) is 35.9 Å². The Morgan fingerprint density at radius 2 is 1.73 bits per heavy atom. The quantitative estimate of drug-likeness (QED) is 0.0593. The Bertz CT molecular complexity index is 1370. The van der Waals surface area contributed by atoms with E-state index in [0.717, 1.165) is 16.5 Å². The molecule has 3 amide bonds. The number of imidazole rings is 1. The van der Waals surface area contributed by atoms with Crippen molar-refractivity contribution in [1.29, 1.82) is 0 Å². The Labute approximate surface area is 235 Å². The number of rotatable bonds is 15. The molecule has 41 heavy (non-hydrogen) atoms. The van der Waals surface area contributed by atoms with Gasteiger partial charge in [-0.1, -0.05) is 18.2 Å². The zero-order chi connectivity index (χ0) is 29.9. The summed E-state index contributed by atoms with van der Waals surface area (Å²) >= 11 is 0. The molecule has 15 nitrogen and oxygen atoms in total. The summed E-state index contributed by atoms with van der Waals surface area (Å²) in [4.78, 5) is 64.2. The fourth-order valence-corrected chi connectivity index (χ4v) is 4.17. The average Bonchev–Trinajstić information content (AvgIpc) is 3.59. The summed E-state index contributed by atoms with van der Waals surface area (Å²) in [6.07, 6.45) is 5.24. The number of amides is 3. The SMILES string of the molecule is CC(NC(=O)C(N)Cc1c[nH]c2ccccc12)C(=O)NC(CCCN=C(N)N)C(=O)NC(Cc1cnc[nH]1)C(=O)O. The molecule has 0 aliphatic rings. The lowest BCUT2D eigenvalue weighted by molar-refractivity contribution is -0.142. The molecule has 4 unspecified atom stereocenters. The van der Waals surface area contributed by atoms with Gasteiger partial charge in [0, 0.05) is 42.0 Å². The van der Waals surface area contributed by atoms with Crippen molar-refractivity contribution in [1.82, 2.24) is 30.9 Å². The number of hydrogen-bond acceptors (Lipinski definition) is 7. The number of carboxylic acids is 1. The number of benzene rings is 1. The fraction of sp³-hybridized carbons (Fsp3) is 0.385. The molecule has 2 aromatic heterocycles. The molecule has 0 fully saturated rings. The molecule has 220 valence electrons. The predicted octanol–water partition coefficient (Wildman–Crippen LogP) is -1.38. The third-order valence-electron chi connectivity index (χ3n) is 6.38. The summed E-state index contributed by atoms with van der Waals surface area (Å²) in [5.41, 5.74) is 19.1. The normalized spacial score (nSPS) is 13.9. The van der Waals surface area contributed by atoms with Gasteiger partial charge in [0.2, 0.25) is 17.7 Å². The molecule has 0 radical (unpaired) electrons. The van der Waals surface area contributed by atoms with Crippen molar-refractivity contribution in [3.05, 3.63) is 54.2 Å². The average molecular weight is 569 g/mol. The minimum Gasteiger partial charge on any atom is -0.480 e. The van der Waals surface area contributed by atoms with Crippen molar-refractivity contribution in [3.63, 3.8) is 0 Å². The lowest BCUT2D eigenvalue weighted by Gasteiger charge is -2.23. The zero-order valence-electron chi connectivity index (χ0n) is 22.6. The van der Waals surface area contributed by atoms with E-state index >= 15 is 0 Å². The van der Waals surface area contributed by atoms with Crippen LogP contribution >= 0.6 is 0 Å². The fourth-order valence-electron chi connectivity index (χ4n) is 4.17. The molecule has 4 atom stereocenters. The summed E-state index contributed by atoms with van der Waals surface area (Å²) in [6.45, 7) is 1.64. The second kappa shape index (κ2) is 14.5. The molecule has 0 aliphatic carbocycles. The first-order chi connectivity index (χ1) is 19.5. The number of aromatic amines is 2. The maximum absolute atomic E-state index is 13.1. The van der Waals surface area contributed by atoms with Crippen molar-refractivity contribution in [2.45, 2.75) is 56.8 Å². The van der Waals surface area contributed by atoms with E-state index in [4.69, 9.17) is 17.2 Å². The topological polar surface area (TPSA) is 259 Å². The van der Waals surface area contributed by atoms with Crippen LogP contribution in [0.25, 0.3) is 10.9 Å². The van der Waals surface area contributed by atoms with Gasteiger partial charge >= 0.3 is 5.97 Å². The van der Waals surface area contributed by atoms with Gasteiger partial charge in [0.25, 0.3) is 0 Å². The Morgan fingerprint density at radius 1 is 1.00 bits per heavy atom. The first-order valence-electron chi connectivity index (χ1n) is 13.0. The highest BCUT2D eigenvalue weighted by molar-refractivity contribution is 5.94. The van der Waals surface area contributed by atoms with Gasteiger partial charge in [-0.25, -0.2) is 9.78 Å². The maximum Gasteiger partial charge on any atom is 0.326 e. The van der Waals surface area contributed by atoms with Crippen LogP contribution in [0, 0.1) is 0 Å². The third kappa shape index (κ3) is 9.06. The van der Waals surface area contributed by atoms with Crippen LogP contribution in [0.5, 0.6) is 0 Å². The largest absolute Gasteiger partial charge is 0.480 e. The molecule has 0 bridgehead atoms. The number of guanidine groups is 1. The number of nitrogens with one attached hydrogen (secondary N) is 5. The van der Waals surface area contributed by atoms with Crippen LogP contribution in [0.2, 0.25) is 0 Å². The van der Waals surface area contributed by atoms with E-state index in [1.54, 1.807) is 6.20 Å². The maximum atomic E-state index is 13.1. The molecule has 1 aromatic carbocycles. The van der Waals surface area contributed by atoms with Gasteiger partial charge in [0.1, 0.15) is 18.1 Å². The Kier molecular flexibility index (Phi) is 10.8. The lowest BCUT2D eigenvalue weighted by Crippen LogP contribution is -2.56. The van der Waals surface area contributed by atoms with E-state index in [1.807, 2.05) is 24.3 Å². The van der Waals surface area contributed by atoms with Gasteiger partial charge in [-0.2, -0.15) is 0 Å². The number of para-hydroxylation sites is 1. The summed E-state index contributed by atoms with van der Waals surface area (Å²) in [6, 6.07) is 3.25. The molecule has 0 aliphatic heterocycles. The minimum atomic E-state index is -1.28. The number of aliphatic imine (C=N–C) groups is 1. The molecule has 0 saturated heterocycles. The number of hydrogen-bond donors (Lipinski definition) is 9. The van der Waals surface area contributed by atoms with Gasteiger partial charge in [0.15, 0.2) is 5.96 Å². The highest BCUT2D eigenvalue weighted by atomic mass is 16.4. The minimum absolute atomic E-state index is 0.0451. The summed E-state index contributed by atoms with van der Waals surface area (Å²) < 4.78 is 0. The second-order valence-corrected chi connectivity index (χ2v) is 9.59. The number of carbonyl (C=O) groups is 4. The van der Waals surface area contributed by atoms with Crippen molar-refractivity contribution < 1.29 is 24.3 Å². The highest BCUT2D eigenvalue weighted by Crippen LogP contribution is 2.18. The van der Waals surface area contributed by atoms with Crippen molar-refractivity contribution >= 4 is 40.6 Å². The molecule has 3 rings (SSSR count). The highest BCUT2D eigenvalue weighted by Gasteiger charge is 2.29. The number of fused-ring (bicyclic) bond motifs is 1. The van der Waals surface area contributed by atoms with Gasteiger partial charge in [-0.05, 0) is 37.8 Å². The van der Waals surface area contributed by atoms with Crippen molar-refractivity contribution in [2.75, 3.05) is 6.54 Å². The van der Waals surface area contributed by atoms with Crippen LogP contribution in [0.4, 0.5) is 0 Å². The predicted molar refractivity (Wildman–Crippen MR) is 151 cm³/mol. The van der Waals surface area contributed by atoms with Crippen LogP contribution < -0.4 is 33.2 Å². The summed E-state index contributed by atoms with van der Waals surface area (Å²) in [7, 11) is 0. The Hall–Kier alpha value is -4.92. The van der Waals surface area contributed by atoms with Crippen molar-refractivity contribution in [2.24, 2.45) is 22.2 Å². The summed E-state index contributed by atoms with van der Waals surface area (Å²) in [5, 5.41) is 18.2. The molecule has 12 N–H and O–H groups in total. The molecule has 0 spiro atoms. The number of carboxylic acid groups (broad SMARTS) is 1. The smallest absolute Gasteiger partial charge is 0.326 e. The van der Waals surface area contributed by atoms with E-state index < -0.39 is 47.9 Å². The van der Waals surface area contributed by atoms with E-state index in [1.165, 1.54) is 19.4 Å². The van der Waals surface area contributed by atoms with Gasteiger partial charge in [-0.15, -0.1) is 0 Å². The van der Waals surface area contributed by atoms with E-state index in [-0.39, 0.29) is 31.8 Å². The van der Waals surface area contributed by atoms with E-state index in [0.29, 0.717) is 12.1 Å². The lowest BCUT2D eigenvalue weighted by atomic mass is 10.0.